The largest absolute Gasteiger partial charge is 0.423 e. The second-order valence-corrected chi connectivity index (χ2v) is 5.02. The highest BCUT2D eigenvalue weighted by Gasteiger charge is 2.86. The second-order valence-electron chi connectivity index (χ2n) is 5.02. The monoisotopic (exact) mass is 314 g/mol. The van der Waals surface area contributed by atoms with E-state index in [4.69, 9.17) is 0 Å². The van der Waals surface area contributed by atoms with Crippen LogP contribution in [0, 0.1) is 5.92 Å². The van der Waals surface area contributed by atoms with Crippen molar-refractivity contribution < 1.29 is 40.2 Å². The maximum absolute atomic E-state index is 14.2. The first-order valence-electron chi connectivity index (χ1n) is 5.96. The van der Waals surface area contributed by atoms with Gasteiger partial charge in [0.05, 0.1) is 0 Å². The quantitative estimate of drug-likeness (QED) is 0.761. The lowest BCUT2D eigenvalue weighted by atomic mass is 9.63. The lowest BCUT2D eigenvalue weighted by Crippen LogP contribution is -2.77. The summed E-state index contributed by atoms with van der Waals surface area (Å²) in [6.07, 6.45) is -10.1. The Morgan fingerprint density at radius 3 is 1.80 bits per heavy atom. The molecule has 3 unspecified atom stereocenters. The van der Waals surface area contributed by atoms with Crippen LogP contribution in [-0.2, 0) is 0 Å². The van der Waals surface area contributed by atoms with Gasteiger partial charge in [0.1, 0.15) is 0 Å². The molecule has 0 radical (unpaired) electrons. The summed E-state index contributed by atoms with van der Waals surface area (Å²) in [5, 5.41) is 9.29. The summed E-state index contributed by atoms with van der Waals surface area (Å²) in [5.41, 5.74) is -9.57. The number of aliphatic hydroxyl groups is 1. The van der Waals surface area contributed by atoms with Crippen LogP contribution in [0.1, 0.15) is 33.1 Å². The molecule has 1 aliphatic rings. The fourth-order valence-electron chi connectivity index (χ4n) is 2.63. The maximum atomic E-state index is 14.2. The molecule has 1 N–H and O–H groups in total. The third-order valence-corrected chi connectivity index (χ3v) is 4.05. The summed E-state index contributed by atoms with van der Waals surface area (Å²) in [5.74, 6) is -12.7. The zero-order valence-corrected chi connectivity index (χ0v) is 10.7. The van der Waals surface area contributed by atoms with Gasteiger partial charge in [0.2, 0.25) is 11.3 Å². The third-order valence-electron chi connectivity index (χ3n) is 4.05. The third kappa shape index (κ3) is 1.77. The second kappa shape index (κ2) is 4.45. The van der Waals surface area contributed by atoms with Crippen LogP contribution in [0.5, 0.6) is 0 Å². The highest BCUT2D eigenvalue weighted by atomic mass is 19.4. The molecule has 1 saturated carbocycles. The predicted molar refractivity (Wildman–Crippen MR) is 53.4 cm³/mol. The fraction of sp³-hybridized carbons (Fsp3) is 1.00. The van der Waals surface area contributed by atoms with E-state index in [-0.39, 0.29) is 0 Å². The first-order valence-corrected chi connectivity index (χ1v) is 5.96. The Kier molecular flexibility index (Phi) is 3.88. The lowest BCUT2D eigenvalue weighted by molar-refractivity contribution is -0.415. The van der Waals surface area contributed by atoms with Gasteiger partial charge in [0, 0.05) is 5.92 Å². The van der Waals surface area contributed by atoms with Crippen molar-refractivity contribution in [3.8, 4) is 0 Å². The highest BCUT2D eigenvalue weighted by Crippen LogP contribution is 2.64. The zero-order valence-electron chi connectivity index (χ0n) is 10.7. The summed E-state index contributed by atoms with van der Waals surface area (Å²) >= 11 is 0. The maximum Gasteiger partial charge on any atom is 0.423 e. The summed E-state index contributed by atoms with van der Waals surface area (Å²) in [6.45, 7) is 1.62. The van der Waals surface area contributed by atoms with E-state index in [0.29, 0.717) is 6.92 Å². The fourth-order valence-corrected chi connectivity index (χ4v) is 2.63. The first-order chi connectivity index (χ1) is 8.73. The molecule has 120 valence electrons. The summed E-state index contributed by atoms with van der Waals surface area (Å²) in [4.78, 5) is 0. The van der Waals surface area contributed by atoms with Crippen LogP contribution >= 0.6 is 0 Å². The minimum atomic E-state index is -5.92. The van der Waals surface area contributed by atoms with Crippen LogP contribution in [0.15, 0.2) is 0 Å². The summed E-state index contributed by atoms with van der Waals surface area (Å²) in [6, 6.07) is 0. The highest BCUT2D eigenvalue weighted by molar-refractivity contribution is 5.20. The average Bonchev–Trinajstić information content (AvgIpc) is 2.30. The zero-order chi connectivity index (χ0) is 16.2. The Labute approximate surface area is 110 Å². The van der Waals surface area contributed by atoms with Gasteiger partial charge >= 0.3 is 12.1 Å². The summed E-state index contributed by atoms with van der Waals surface area (Å²) in [7, 11) is 0. The van der Waals surface area contributed by atoms with Crippen LogP contribution in [-0.4, -0.2) is 34.4 Å². The van der Waals surface area contributed by atoms with Crippen molar-refractivity contribution in [1.82, 2.24) is 0 Å². The van der Waals surface area contributed by atoms with E-state index < -0.39 is 54.5 Å². The van der Waals surface area contributed by atoms with Gasteiger partial charge in [0.25, 0.3) is 5.92 Å². The molecule has 9 heteroatoms. The topological polar surface area (TPSA) is 20.2 Å². The van der Waals surface area contributed by atoms with Gasteiger partial charge in [-0.2, -0.15) is 22.0 Å². The average molecular weight is 314 g/mol. The van der Waals surface area contributed by atoms with Gasteiger partial charge in [-0.15, -0.1) is 0 Å². The number of hydrogen-bond acceptors (Lipinski definition) is 1. The Morgan fingerprint density at radius 1 is 1.05 bits per heavy atom. The SMILES string of the molecule is CCC1CC(O)(C(F)(F)F)C(F)(F)C(F)(CC)C1(F)F. The number of rotatable bonds is 2. The Morgan fingerprint density at radius 2 is 1.50 bits per heavy atom. The summed E-state index contributed by atoms with van der Waals surface area (Å²) < 4.78 is 108. The van der Waals surface area contributed by atoms with Crippen molar-refractivity contribution in [1.29, 1.82) is 0 Å². The van der Waals surface area contributed by atoms with Gasteiger partial charge in [-0.05, 0) is 19.3 Å². The van der Waals surface area contributed by atoms with Gasteiger partial charge < -0.3 is 5.11 Å². The molecule has 1 rings (SSSR count). The molecule has 1 aliphatic carbocycles. The minimum absolute atomic E-state index is 0.594. The lowest BCUT2D eigenvalue weighted by Gasteiger charge is -2.54. The van der Waals surface area contributed by atoms with Crippen LogP contribution in [0.2, 0.25) is 0 Å². The normalized spacial score (nSPS) is 40.6. The van der Waals surface area contributed by atoms with Crippen molar-refractivity contribution in [2.45, 2.75) is 62.4 Å². The molecule has 0 heterocycles. The molecule has 0 aromatic heterocycles. The molecule has 0 spiro atoms. The van der Waals surface area contributed by atoms with Crippen LogP contribution in [0.4, 0.5) is 35.1 Å². The van der Waals surface area contributed by atoms with E-state index >= 15 is 0 Å². The van der Waals surface area contributed by atoms with Crippen molar-refractivity contribution in [3.05, 3.63) is 0 Å². The molecule has 20 heavy (non-hydrogen) atoms. The molecule has 0 bridgehead atoms. The van der Waals surface area contributed by atoms with E-state index in [1.54, 1.807) is 0 Å². The van der Waals surface area contributed by atoms with E-state index in [2.05, 4.69) is 0 Å². The van der Waals surface area contributed by atoms with Crippen molar-refractivity contribution in [2.75, 3.05) is 0 Å². The van der Waals surface area contributed by atoms with Gasteiger partial charge in [-0.1, -0.05) is 13.8 Å². The molecule has 0 aliphatic heterocycles. The molecular formula is C11H14F8O. The van der Waals surface area contributed by atoms with E-state index in [0.717, 1.165) is 6.92 Å². The van der Waals surface area contributed by atoms with Gasteiger partial charge in [-0.3, -0.25) is 0 Å². The van der Waals surface area contributed by atoms with Crippen LogP contribution < -0.4 is 0 Å². The van der Waals surface area contributed by atoms with Crippen molar-refractivity contribution in [3.63, 3.8) is 0 Å². The standard InChI is InChI=1S/C11H14F8O/c1-3-6-5-8(20,11(17,18)19)10(15,16)7(12,4-2)9(6,13)14/h6,20H,3-5H2,1-2H3. The Bertz CT molecular complexity index is 373. The number of alkyl halides is 8. The predicted octanol–water partition coefficient (Wildman–Crippen LogP) is 4.10. The van der Waals surface area contributed by atoms with Crippen molar-refractivity contribution in [2.24, 2.45) is 5.92 Å². The first kappa shape index (κ1) is 17.5. The molecule has 3 atom stereocenters. The van der Waals surface area contributed by atoms with Gasteiger partial charge in [0.15, 0.2) is 0 Å². The molecule has 1 fully saturated rings. The molecule has 0 amide bonds. The number of halogens is 8. The van der Waals surface area contributed by atoms with Gasteiger partial charge in [-0.25, -0.2) is 13.2 Å². The Hall–Kier alpha value is -0.600. The molecule has 0 aromatic rings. The van der Waals surface area contributed by atoms with E-state index in [1.807, 2.05) is 0 Å². The van der Waals surface area contributed by atoms with Crippen molar-refractivity contribution >= 4 is 0 Å². The number of hydrogen-bond donors (Lipinski definition) is 1. The molecule has 0 saturated heterocycles. The van der Waals surface area contributed by atoms with E-state index in [9.17, 15) is 40.2 Å². The molecule has 1 nitrogen and oxygen atoms in total. The molecule has 0 aromatic carbocycles. The minimum Gasteiger partial charge on any atom is -0.376 e. The molecular weight excluding hydrogens is 300 g/mol. The van der Waals surface area contributed by atoms with Crippen LogP contribution in [0.3, 0.4) is 0 Å². The van der Waals surface area contributed by atoms with Crippen LogP contribution in [0.25, 0.3) is 0 Å². The van der Waals surface area contributed by atoms with E-state index in [1.165, 1.54) is 0 Å². The Balaban J connectivity index is 3.57. The smallest absolute Gasteiger partial charge is 0.376 e.